The summed E-state index contributed by atoms with van der Waals surface area (Å²) in [4.78, 5) is 7.62. The molecule has 0 atom stereocenters. The molecule has 10 heavy (non-hydrogen) atoms. The zero-order chi connectivity index (χ0) is 7.82. The monoisotopic (exact) mass is 138 g/mol. The summed E-state index contributed by atoms with van der Waals surface area (Å²) in [5.74, 6) is 0.715. The first kappa shape index (κ1) is 9.08. The molecule has 0 amide bonds. The Morgan fingerprint density at radius 3 is 2.80 bits per heavy atom. The van der Waals surface area contributed by atoms with Crippen LogP contribution in [0.4, 0.5) is 0 Å². The third-order valence-corrected chi connectivity index (χ3v) is 1.05. The van der Waals surface area contributed by atoms with E-state index in [2.05, 4.69) is 23.6 Å². The number of amidine groups is 1. The van der Waals surface area contributed by atoms with Crippen LogP contribution in [0, 0.1) is 0 Å². The Bertz CT molecular complexity index is 145. The van der Waals surface area contributed by atoms with Gasteiger partial charge in [-0.05, 0) is 20.1 Å². The van der Waals surface area contributed by atoms with Crippen LogP contribution in [0.1, 0.15) is 26.7 Å². The quantitative estimate of drug-likeness (QED) is 0.422. The molecule has 0 N–H and O–H groups in total. The van der Waals surface area contributed by atoms with Crippen LogP contribution < -0.4 is 0 Å². The Balaban J connectivity index is 3.59. The van der Waals surface area contributed by atoms with Gasteiger partial charge in [-0.15, -0.1) is 0 Å². The number of hydrogen-bond acceptors (Lipinski definition) is 1. The van der Waals surface area contributed by atoms with Gasteiger partial charge in [0.15, 0.2) is 0 Å². The number of aliphatic imine (C=N–C) groups is 2. The maximum Gasteiger partial charge on any atom is 0.124 e. The van der Waals surface area contributed by atoms with Gasteiger partial charge in [-0.3, -0.25) is 0 Å². The third kappa shape index (κ3) is 5.22. The Kier molecular flexibility index (Phi) is 5.63. The van der Waals surface area contributed by atoms with Gasteiger partial charge in [0, 0.05) is 6.20 Å². The first-order valence-corrected chi connectivity index (χ1v) is 3.47. The molecule has 0 radical (unpaired) electrons. The van der Waals surface area contributed by atoms with Crippen LogP contribution in [0.2, 0.25) is 0 Å². The summed E-state index contributed by atoms with van der Waals surface area (Å²) >= 11 is 0. The minimum Gasteiger partial charge on any atom is -0.250 e. The van der Waals surface area contributed by atoms with Gasteiger partial charge in [-0.25, -0.2) is 9.98 Å². The second-order valence-electron chi connectivity index (χ2n) is 2.01. The van der Waals surface area contributed by atoms with Crippen molar-refractivity contribution in [3.63, 3.8) is 0 Å². The molecule has 0 saturated heterocycles. The highest BCUT2D eigenvalue weighted by Gasteiger charge is 1.75. The van der Waals surface area contributed by atoms with E-state index < -0.39 is 0 Å². The van der Waals surface area contributed by atoms with E-state index in [4.69, 9.17) is 0 Å². The molecule has 0 heterocycles. The molecular formula is C8H14N2. The highest BCUT2D eigenvalue weighted by molar-refractivity contribution is 5.84. The average molecular weight is 138 g/mol. The summed E-state index contributed by atoms with van der Waals surface area (Å²) in [5.41, 5.74) is 0. The van der Waals surface area contributed by atoms with Gasteiger partial charge < -0.3 is 0 Å². The van der Waals surface area contributed by atoms with Crippen LogP contribution in [0.15, 0.2) is 22.3 Å². The maximum atomic E-state index is 3.99. The van der Waals surface area contributed by atoms with E-state index in [1.165, 1.54) is 0 Å². The minimum atomic E-state index is 0.715. The lowest BCUT2D eigenvalue weighted by Crippen LogP contribution is -1.79. The molecule has 0 rings (SSSR count). The molecule has 2 nitrogen and oxygen atoms in total. The summed E-state index contributed by atoms with van der Waals surface area (Å²) in [6, 6.07) is 0. The summed E-state index contributed by atoms with van der Waals surface area (Å²) in [7, 11) is 0. The first-order chi connectivity index (χ1) is 4.81. The van der Waals surface area contributed by atoms with Crippen LogP contribution in [-0.2, 0) is 0 Å². The minimum absolute atomic E-state index is 0.715. The summed E-state index contributed by atoms with van der Waals surface area (Å²) in [6.07, 6.45) is 6.03. The van der Waals surface area contributed by atoms with Crippen molar-refractivity contribution in [3.8, 4) is 0 Å². The lowest BCUT2D eigenvalue weighted by Gasteiger charge is -1.84. The number of allylic oxidation sites excluding steroid dienone is 1. The fourth-order valence-electron chi connectivity index (χ4n) is 0.443. The number of nitrogens with zero attached hydrogens (tertiary/aromatic N) is 2. The molecule has 0 spiro atoms. The Morgan fingerprint density at radius 1 is 1.60 bits per heavy atom. The van der Waals surface area contributed by atoms with Crippen LogP contribution in [0.25, 0.3) is 0 Å². The Morgan fingerprint density at radius 2 is 2.30 bits per heavy atom. The summed E-state index contributed by atoms with van der Waals surface area (Å²) in [6.45, 7) is 7.30. The van der Waals surface area contributed by atoms with Gasteiger partial charge in [0.05, 0.1) is 0 Å². The molecule has 0 fully saturated rings. The smallest absolute Gasteiger partial charge is 0.124 e. The third-order valence-electron chi connectivity index (χ3n) is 1.05. The van der Waals surface area contributed by atoms with Gasteiger partial charge in [0.2, 0.25) is 0 Å². The van der Waals surface area contributed by atoms with E-state index >= 15 is 0 Å². The highest BCUT2D eigenvalue weighted by Crippen LogP contribution is 1.89. The number of unbranched alkanes of at least 4 members (excludes halogenated alkanes) is 1. The van der Waals surface area contributed by atoms with E-state index in [0.717, 1.165) is 12.8 Å². The van der Waals surface area contributed by atoms with Crippen LogP contribution in [-0.4, -0.2) is 12.6 Å². The highest BCUT2D eigenvalue weighted by atomic mass is 14.9. The van der Waals surface area contributed by atoms with Crippen molar-refractivity contribution < 1.29 is 0 Å². The molecule has 0 aliphatic rings. The zero-order valence-electron chi connectivity index (χ0n) is 6.67. The van der Waals surface area contributed by atoms with Crippen LogP contribution in [0.5, 0.6) is 0 Å². The van der Waals surface area contributed by atoms with Crippen LogP contribution >= 0.6 is 0 Å². The van der Waals surface area contributed by atoms with Crippen molar-refractivity contribution in [2.75, 3.05) is 0 Å². The lowest BCUT2D eigenvalue weighted by molar-refractivity contribution is 0.956. The fourth-order valence-corrected chi connectivity index (χ4v) is 0.443. The fraction of sp³-hybridized carbons (Fsp3) is 0.500. The van der Waals surface area contributed by atoms with Crippen LogP contribution in [0.3, 0.4) is 0 Å². The van der Waals surface area contributed by atoms with E-state index in [9.17, 15) is 0 Å². The molecule has 0 bridgehead atoms. The number of hydrogen-bond donors (Lipinski definition) is 0. The van der Waals surface area contributed by atoms with E-state index in [0.29, 0.717) is 5.84 Å². The Hall–Kier alpha value is -0.920. The normalized spacial score (nSPS) is 12.4. The van der Waals surface area contributed by atoms with Crippen molar-refractivity contribution in [3.05, 3.63) is 12.3 Å². The van der Waals surface area contributed by atoms with E-state index in [1.54, 1.807) is 6.20 Å². The second kappa shape index (κ2) is 6.20. The van der Waals surface area contributed by atoms with Gasteiger partial charge in [0.1, 0.15) is 5.84 Å². The molecule has 0 unspecified atom stereocenters. The Labute approximate surface area is 62.4 Å². The predicted octanol–water partition coefficient (Wildman–Crippen LogP) is 2.42. The van der Waals surface area contributed by atoms with E-state index in [-0.39, 0.29) is 0 Å². The van der Waals surface area contributed by atoms with Crippen molar-refractivity contribution >= 4 is 12.6 Å². The van der Waals surface area contributed by atoms with Gasteiger partial charge >= 0.3 is 0 Å². The zero-order valence-corrected chi connectivity index (χ0v) is 6.67. The topological polar surface area (TPSA) is 24.7 Å². The van der Waals surface area contributed by atoms with Gasteiger partial charge in [-0.1, -0.05) is 19.4 Å². The van der Waals surface area contributed by atoms with Crippen molar-refractivity contribution in [2.24, 2.45) is 9.98 Å². The lowest BCUT2D eigenvalue weighted by atomic mass is 10.3. The summed E-state index contributed by atoms with van der Waals surface area (Å²) in [5, 5.41) is 0. The summed E-state index contributed by atoms with van der Waals surface area (Å²) < 4.78 is 0. The molecule has 0 aromatic carbocycles. The van der Waals surface area contributed by atoms with Crippen molar-refractivity contribution in [1.82, 2.24) is 0 Å². The SMILES string of the molecule is C=NC(C)=N/C=C\CCC. The second-order valence-corrected chi connectivity index (χ2v) is 2.01. The molecular weight excluding hydrogens is 124 g/mol. The molecule has 0 aliphatic heterocycles. The maximum absolute atomic E-state index is 3.99. The molecule has 56 valence electrons. The van der Waals surface area contributed by atoms with Gasteiger partial charge in [0.25, 0.3) is 0 Å². The average Bonchev–Trinajstić information content (AvgIpc) is 1.98. The molecule has 2 heteroatoms. The largest absolute Gasteiger partial charge is 0.250 e. The van der Waals surface area contributed by atoms with Crippen molar-refractivity contribution in [2.45, 2.75) is 26.7 Å². The molecule has 0 saturated carbocycles. The molecule has 0 aliphatic carbocycles. The van der Waals surface area contributed by atoms with E-state index in [1.807, 2.05) is 13.0 Å². The predicted molar refractivity (Wildman–Crippen MR) is 46.7 cm³/mol. The molecule has 0 aromatic heterocycles. The molecule has 0 aromatic rings. The standard InChI is InChI=1S/C8H14N2/c1-4-5-6-7-10-8(2)9-3/h6-7H,3-5H2,1-2H3/b7-6-,10-8?. The number of rotatable bonds is 3. The van der Waals surface area contributed by atoms with Crippen molar-refractivity contribution in [1.29, 1.82) is 0 Å². The first-order valence-electron chi connectivity index (χ1n) is 3.47. The van der Waals surface area contributed by atoms with Gasteiger partial charge in [-0.2, -0.15) is 0 Å².